The maximum absolute atomic E-state index is 5.79. The standard InChI is InChI=1S/C18H21BrN4O2S/c19-16-4-2-1-3-15(16)17-6-5-14(25-17)13-21-22-18(26)20-7-8-23-9-11-24-12-10-23/h1-6,13H,7-12H2,(H2,20,22,26)/p+1/b21-13-. The molecule has 2 aromatic rings. The summed E-state index contributed by atoms with van der Waals surface area (Å²) < 4.78 is 12.1. The Morgan fingerprint density at radius 2 is 2.04 bits per heavy atom. The van der Waals surface area contributed by atoms with Crippen LogP contribution in [0.2, 0.25) is 0 Å². The third-order valence-electron chi connectivity index (χ3n) is 4.09. The van der Waals surface area contributed by atoms with Crippen LogP contribution in [0.3, 0.4) is 0 Å². The summed E-state index contributed by atoms with van der Waals surface area (Å²) in [6.45, 7) is 5.61. The lowest BCUT2D eigenvalue weighted by Crippen LogP contribution is -3.14. The molecule has 1 aromatic heterocycles. The fraction of sp³-hybridized carbons (Fsp3) is 0.333. The van der Waals surface area contributed by atoms with Gasteiger partial charge in [-0.1, -0.05) is 34.1 Å². The third kappa shape index (κ3) is 5.63. The van der Waals surface area contributed by atoms with Gasteiger partial charge in [-0.2, -0.15) is 5.10 Å². The van der Waals surface area contributed by atoms with Gasteiger partial charge in [0.2, 0.25) is 0 Å². The van der Waals surface area contributed by atoms with Crippen LogP contribution in [-0.2, 0) is 4.74 Å². The summed E-state index contributed by atoms with van der Waals surface area (Å²) in [7, 11) is 0. The number of nitrogens with one attached hydrogen (secondary N) is 3. The Morgan fingerprint density at radius 3 is 2.85 bits per heavy atom. The molecule has 1 aromatic carbocycles. The van der Waals surface area contributed by atoms with E-state index in [0.717, 1.165) is 55.2 Å². The number of thiocarbonyl (C=S) groups is 1. The Labute approximate surface area is 166 Å². The molecule has 3 rings (SSSR count). The first-order valence-electron chi connectivity index (χ1n) is 8.55. The number of benzene rings is 1. The quantitative estimate of drug-likeness (QED) is 0.362. The second-order valence-corrected chi connectivity index (χ2v) is 7.18. The normalized spacial score (nSPS) is 15.3. The summed E-state index contributed by atoms with van der Waals surface area (Å²) in [5.41, 5.74) is 3.82. The lowest BCUT2D eigenvalue weighted by atomic mass is 10.2. The smallest absolute Gasteiger partial charge is 0.187 e. The van der Waals surface area contributed by atoms with Gasteiger partial charge >= 0.3 is 0 Å². The van der Waals surface area contributed by atoms with E-state index in [9.17, 15) is 0 Å². The molecule has 0 radical (unpaired) electrons. The highest BCUT2D eigenvalue weighted by Crippen LogP contribution is 2.28. The van der Waals surface area contributed by atoms with E-state index in [1.807, 2.05) is 36.4 Å². The molecule has 0 amide bonds. The van der Waals surface area contributed by atoms with Crippen molar-refractivity contribution in [1.29, 1.82) is 0 Å². The van der Waals surface area contributed by atoms with Crippen LogP contribution in [0.15, 0.2) is 50.4 Å². The number of hydrogen-bond acceptors (Lipinski definition) is 4. The van der Waals surface area contributed by atoms with Crippen molar-refractivity contribution in [2.24, 2.45) is 5.10 Å². The summed E-state index contributed by atoms with van der Waals surface area (Å²) in [4.78, 5) is 1.53. The van der Waals surface area contributed by atoms with Gasteiger partial charge in [0.1, 0.15) is 24.6 Å². The van der Waals surface area contributed by atoms with E-state index in [1.165, 1.54) is 4.90 Å². The number of hydrazone groups is 1. The van der Waals surface area contributed by atoms with Gasteiger partial charge in [-0.05, 0) is 30.4 Å². The van der Waals surface area contributed by atoms with Crippen LogP contribution in [0, 0.1) is 0 Å². The summed E-state index contributed by atoms with van der Waals surface area (Å²) >= 11 is 8.76. The van der Waals surface area contributed by atoms with Crippen molar-refractivity contribution in [3.63, 3.8) is 0 Å². The molecule has 26 heavy (non-hydrogen) atoms. The monoisotopic (exact) mass is 437 g/mol. The van der Waals surface area contributed by atoms with E-state index in [1.54, 1.807) is 6.21 Å². The van der Waals surface area contributed by atoms with Gasteiger partial charge in [0.05, 0.1) is 32.5 Å². The maximum Gasteiger partial charge on any atom is 0.187 e. The molecular weight excluding hydrogens is 416 g/mol. The van der Waals surface area contributed by atoms with Gasteiger partial charge in [-0.25, -0.2) is 0 Å². The highest BCUT2D eigenvalue weighted by Gasteiger charge is 2.12. The lowest BCUT2D eigenvalue weighted by molar-refractivity contribution is -0.906. The maximum atomic E-state index is 5.79. The van der Waals surface area contributed by atoms with Crippen LogP contribution in [0.4, 0.5) is 0 Å². The van der Waals surface area contributed by atoms with Crippen LogP contribution in [-0.4, -0.2) is 50.7 Å². The predicted octanol–water partition coefficient (Wildman–Crippen LogP) is 1.42. The molecule has 8 heteroatoms. The van der Waals surface area contributed by atoms with Crippen molar-refractivity contribution >= 4 is 39.5 Å². The number of rotatable bonds is 6. The molecule has 6 nitrogen and oxygen atoms in total. The summed E-state index contributed by atoms with van der Waals surface area (Å²) in [6, 6.07) is 11.7. The third-order valence-corrected chi connectivity index (χ3v) is 5.02. The molecule has 3 N–H and O–H groups in total. The highest BCUT2D eigenvalue weighted by atomic mass is 79.9. The Morgan fingerprint density at radius 1 is 1.23 bits per heavy atom. The van der Waals surface area contributed by atoms with Gasteiger partial charge < -0.3 is 19.4 Å². The summed E-state index contributed by atoms with van der Waals surface area (Å²) in [6.07, 6.45) is 1.61. The molecule has 0 bridgehead atoms. The number of quaternary nitrogens is 1. The first-order chi connectivity index (χ1) is 12.7. The van der Waals surface area contributed by atoms with Crippen molar-refractivity contribution < 1.29 is 14.1 Å². The summed E-state index contributed by atoms with van der Waals surface area (Å²) in [5.74, 6) is 1.44. The van der Waals surface area contributed by atoms with Crippen LogP contribution in [0.5, 0.6) is 0 Å². The zero-order chi connectivity index (χ0) is 18.2. The van der Waals surface area contributed by atoms with Crippen molar-refractivity contribution in [1.82, 2.24) is 10.7 Å². The average Bonchev–Trinajstić information content (AvgIpc) is 3.12. The van der Waals surface area contributed by atoms with E-state index < -0.39 is 0 Å². The van der Waals surface area contributed by atoms with Crippen molar-refractivity contribution in [3.8, 4) is 11.3 Å². The van der Waals surface area contributed by atoms with Crippen molar-refractivity contribution in [3.05, 3.63) is 46.6 Å². The first-order valence-corrected chi connectivity index (χ1v) is 9.75. The molecule has 1 aliphatic heterocycles. The van der Waals surface area contributed by atoms with Gasteiger partial charge in [-0.15, -0.1) is 0 Å². The topological polar surface area (TPSA) is 63.2 Å². The summed E-state index contributed by atoms with van der Waals surface area (Å²) in [5, 5.41) is 7.79. The largest absolute Gasteiger partial charge is 0.455 e. The van der Waals surface area contributed by atoms with E-state index >= 15 is 0 Å². The SMILES string of the molecule is S=C(NCC[NH+]1CCOCC1)N/N=C\c1ccc(-c2ccccc2Br)o1. The first kappa shape index (κ1) is 19.0. The Bertz CT molecular complexity index is 759. The molecular formula is C18H22BrN4O2S+. The van der Waals surface area contributed by atoms with Gasteiger partial charge in [0, 0.05) is 10.0 Å². The molecule has 1 fully saturated rings. The molecule has 1 aliphatic rings. The van der Waals surface area contributed by atoms with Crippen LogP contribution in [0.25, 0.3) is 11.3 Å². The molecule has 0 saturated carbocycles. The minimum absolute atomic E-state index is 0.506. The van der Waals surface area contributed by atoms with Gasteiger partial charge in [-0.3, -0.25) is 5.43 Å². The zero-order valence-corrected chi connectivity index (χ0v) is 16.7. The number of furan rings is 1. The second kappa shape index (κ2) is 9.82. The predicted molar refractivity (Wildman–Crippen MR) is 110 cm³/mol. The molecule has 138 valence electrons. The number of nitrogens with zero attached hydrogens (tertiary/aromatic N) is 1. The molecule has 0 spiro atoms. The Balaban J connectivity index is 1.42. The van der Waals surface area contributed by atoms with Gasteiger partial charge in [0.15, 0.2) is 5.11 Å². The molecule has 1 saturated heterocycles. The number of halogens is 1. The Kier molecular flexibility index (Phi) is 7.19. The minimum atomic E-state index is 0.506. The minimum Gasteiger partial charge on any atom is -0.455 e. The fourth-order valence-corrected chi connectivity index (χ4v) is 3.32. The second-order valence-electron chi connectivity index (χ2n) is 5.92. The van der Waals surface area contributed by atoms with Gasteiger partial charge in [0.25, 0.3) is 0 Å². The fourth-order valence-electron chi connectivity index (χ4n) is 2.68. The molecule has 0 atom stereocenters. The average molecular weight is 438 g/mol. The molecule has 0 unspecified atom stereocenters. The highest BCUT2D eigenvalue weighted by molar-refractivity contribution is 9.10. The van der Waals surface area contributed by atoms with Crippen LogP contribution >= 0.6 is 28.1 Å². The number of morpholine rings is 1. The molecule has 2 heterocycles. The van der Waals surface area contributed by atoms with E-state index in [-0.39, 0.29) is 0 Å². The van der Waals surface area contributed by atoms with Crippen molar-refractivity contribution in [2.45, 2.75) is 0 Å². The zero-order valence-electron chi connectivity index (χ0n) is 14.3. The molecule has 0 aliphatic carbocycles. The Hall–Kier alpha value is -1.74. The van der Waals surface area contributed by atoms with Crippen LogP contribution < -0.4 is 15.6 Å². The van der Waals surface area contributed by atoms with E-state index in [4.69, 9.17) is 21.4 Å². The van der Waals surface area contributed by atoms with Crippen LogP contribution in [0.1, 0.15) is 5.76 Å². The van der Waals surface area contributed by atoms with E-state index in [0.29, 0.717) is 10.9 Å². The van der Waals surface area contributed by atoms with Crippen molar-refractivity contribution in [2.75, 3.05) is 39.4 Å². The lowest BCUT2D eigenvalue weighted by Gasteiger charge is -2.23. The number of ether oxygens (including phenoxy) is 1. The number of hydrogen-bond donors (Lipinski definition) is 3. The van der Waals surface area contributed by atoms with E-state index in [2.05, 4.69) is 31.8 Å².